The van der Waals surface area contributed by atoms with E-state index in [1.165, 1.54) is 0 Å². The summed E-state index contributed by atoms with van der Waals surface area (Å²) in [6.45, 7) is 7.04. The van der Waals surface area contributed by atoms with Crippen LogP contribution in [-0.2, 0) is 0 Å². The van der Waals surface area contributed by atoms with Crippen molar-refractivity contribution < 1.29 is 4.74 Å². The van der Waals surface area contributed by atoms with Gasteiger partial charge in [-0.15, -0.1) is 0 Å². The van der Waals surface area contributed by atoms with Crippen LogP contribution in [0.1, 0.15) is 26.3 Å². The van der Waals surface area contributed by atoms with Crippen molar-refractivity contribution in [1.82, 2.24) is 19.8 Å². The van der Waals surface area contributed by atoms with E-state index in [2.05, 4.69) is 44.8 Å². The molecule has 26 heavy (non-hydrogen) atoms. The minimum atomic E-state index is 0.0577. The van der Waals surface area contributed by atoms with E-state index >= 15 is 0 Å². The number of rotatable bonds is 5. The van der Waals surface area contributed by atoms with E-state index in [9.17, 15) is 0 Å². The molecule has 6 heteroatoms. The van der Waals surface area contributed by atoms with Gasteiger partial charge in [-0.25, -0.2) is 4.98 Å². The number of piperidine rings is 1. The summed E-state index contributed by atoms with van der Waals surface area (Å²) in [6, 6.07) is 10.3. The Kier molecular flexibility index (Phi) is 6.15. The highest BCUT2D eigenvalue weighted by atomic mass is 16.5. The second-order valence-electron chi connectivity index (χ2n) is 6.96. The zero-order valence-corrected chi connectivity index (χ0v) is 15.9. The first-order valence-corrected chi connectivity index (χ1v) is 9.32. The zero-order valence-electron chi connectivity index (χ0n) is 15.9. The third kappa shape index (κ3) is 4.56. The summed E-state index contributed by atoms with van der Waals surface area (Å²) in [5.41, 5.74) is 0. The number of aromatic nitrogens is 2. The van der Waals surface area contributed by atoms with Crippen LogP contribution < -0.4 is 10.1 Å². The van der Waals surface area contributed by atoms with E-state index < -0.39 is 0 Å². The lowest BCUT2D eigenvalue weighted by Crippen LogP contribution is -2.50. The van der Waals surface area contributed by atoms with Crippen molar-refractivity contribution in [3.8, 4) is 5.75 Å². The van der Waals surface area contributed by atoms with Crippen molar-refractivity contribution in [3.63, 3.8) is 0 Å². The number of imidazole rings is 1. The summed E-state index contributed by atoms with van der Waals surface area (Å²) in [7, 11) is 1.84. The Labute approximate surface area is 155 Å². The van der Waals surface area contributed by atoms with E-state index in [-0.39, 0.29) is 6.10 Å². The first kappa shape index (κ1) is 18.3. The minimum Gasteiger partial charge on any atom is -0.489 e. The summed E-state index contributed by atoms with van der Waals surface area (Å²) in [5.74, 6) is 2.45. The molecule has 3 rings (SSSR count). The highest BCUT2D eigenvalue weighted by Gasteiger charge is 2.28. The van der Waals surface area contributed by atoms with E-state index in [0.717, 1.165) is 31.2 Å². The fourth-order valence-corrected chi connectivity index (χ4v) is 3.44. The fraction of sp³-hybridized carbons (Fsp3) is 0.500. The fourth-order valence-electron chi connectivity index (χ4n) is 3.44. The molecule has 1 fully saturated rings. The smallest absolute Gasteiger partial charge is 0.193 e. The average Bonchev–Trinajstić information content (AvgIpc) is 3.18. The lowest BCUT2D eigenvalue weighted by molar-refractivity contribution is 0.184. The first-order valence-electron chi connectivity index (χ1n) is 9.32. The number of hydrogen-bond acceptors (Lipinski definition) is 3. The molecule has 0 spiro atoms. The molecule has 3 atom stereocenters. The normalized spacial score (nSPS) is 22.1. The van der Waals surface area contributed by atoms with Crippen molar-refractivity contribution in [2.24, 2.45) is 10.9 Å². The maximum absolute atomic E-state index is 5.95. The Morgan fingerprint density at radius 2 is 2.19 bits per heavy atom. The van der Waals surface area contributed by atoms with Gasteiger partial charge in [0.05, 0.1) is 18.9 Å². The number of benzene rings is 1. The molecule has 2 heterocycles. The Hall–Kier alpha value is -2.50. The molecule has 1 saturated heterocycles. The number of aliphatic imine (C=N–C) groups is 1. The molecular formula is C20H29N5O. The summed E-state index contributed by atoms with van der Waals surface area (Å²) >= 11 is 0. The van der Waals surface area contributed by atoms with Gasteiger partial charge in [0.15, 0.2) is 5.96 Å². The van der Waals surface area contributed by atoms with Crippen LogP contribution >= 0.6 is 0 Å². The molecule has 1 aliphatic rings. The number of likely N-dealkylation sites (tertiary alicyclic amines) is 1. The van der Waals surface area contributed by atoms with Crippen LogP contribution in [-0.4, -0.2) is 53.2 Å². The Morgan fingerprint density at radius 1 is 1.38 bits per heavy atom. The van der Waals surface area contributed by atoms with Gasteiger partial charge in [0.1, 0.15) is 11.9 Å². The number of hydrogen-bond donors (Lipinski definition) is 1. The topological polar surface area (TPSA) is 54.7 Å². The van der Waals surface area contributed by atoms with Crippen molar-refractivity contribution >= 4 is 5.96 Å². The summed E-state index contributed by atoms with van der Waals surface area (Å²) in [4.78, 5) is 11.0. The number of guanidine groups is 1. The van der Waals surface area contributed by atoms with Crippen LogP contribution in [0.5, 0.6) is 5.75 Å². The molecule has 1 aromatic heterocycles. The van der Waals surface area contributed by atoms with Crippen LogP contribution in [0.3, 0.4) is 0 Å². The van der Waals surface area contributed by atoms with E-state index in [1.807, 2.05) is 49.9 Å². The van der Waals surface area contributed by atoms with Crippen LogP contribution in [0, 0.1) is 5.92 Å². The number of ether oxygens (including phenoxy) is 1. The second-order valence-corrected chi connectivity index (χ2v) is 6.96. The predicted molar refractivity (Wildman–Crippen MR) is 105 cm³/mol. The lowest BCUT2D eigenvalue weighted by atomic mass is 9.93. The lowest BCUT2D eigenvalue weighted by Gasteiger charge is -2.39. The Balaban J connectivity index is 1.55. The minimum absolute atomic E-state index is 0.0577. The quantitative estimate of drug-likeness (QED) is 0.662. The molecule has 3 unspecified atom stereocenters. The van der Waals surface area contributed by atoms with Gasteiger partial charge in [-0.2, -0.15) is 0 Å². The van der Waals surface area contributed by atoms with Gasteiger partial charge < -0.3 is 19.5 Å². The number of nitrogens with one attached hydrogen (secondary N) is 1. The average molecular weight is 355 g/mol. The maximum atomic E-state index is 5.95. The van der Waals surface area contributed by atoms with E-state index in [0.29, 0.717) is 18.5 Å². The summed E-state index contributed by atoms with van der Waals surface area (Å²) < 4.78 is 8.16. The molecule has 6 nitrogen and oxygen atoms in total. The highest BCUT2D eigenvalue weighted by Crippen LogP contribution is 2.27. The maximum Gasteiger partial charge on any atom is 0.193 e. The molecule has 0 radical (unpaired) electrons. The largest absolute Gasteiger partial charge is 0.489 e. The predicted octanol–water partition coefficient (Wildman–Crippen LogP) is 2.81. The first-order chi connectivity index (χ1) is 12.7. The van der Waals surface area contributed by atoms with Crippen LogP contribution in [0.2, 0.25) is 0 Å². The molecule has 0 amide bonds. The van der Waals surface area contributed by atoms with Crippen molar-refractivity contribution in [2.45, 2.75) is 32.4 Å². The van der Waals surface area contributed by atoms with Gasteiger partial charge in [-0.3, -0.25) is 4.99 Å². The number of nitrogens with zero attached hydrogens (tertiary/aromatic N) is 4. The molecule has 0 aliphatic carbocycles. The van der Waals surface area contributed by atoms with Gasteiger partial charge in [0.25, 0.3) is 0 Å². The molecular weight excluding hydrogens is 326 g/mol. The van der Waals surface area contributed by atoms with Crippen molar-refractivity contribution in [3.05, 3.63) is 49.1 Å². The van der Waals surface area contributed by atoms with Crippen molar-refractivity contribution in [1.29, 1.82) is 0 Å². The van der Waals surface area contributed by atoms with E-state index in [4.69, 9.17) is 4.74 Å². The molecule has 0 bridgehead atoms. The van der Waals surface area contributed by atoms with Crippen LogP contribution in [0.4, 0.5) is 0 Å². The molecule has 1 aromatic carbocycles. The molecule has 1 N–H and O–H groups in total. The van der Waals surface area contributed by atoms with Gasteiger partial charge >= 0.3 is 0 Å². The number of para-hydroxylation sites is 1. The van der Waals surface area contributed by atoms with Crippen LogP contribution in [0.25, 0.3) is 0 Å². The van der Waals surface area contributed by atoms with Gasteiger partial charge in [-0.05, 0) is 31.4 Å². The van der Waals surface area contributed by atoms with Gasteiger partial charge in [0, 0.05) is 32.5 Å². The summed E-state index contributed by atoms with van der Waals surface area (Å²) in [6.07, 6.45) is 7.01. The SMILES string of the molecule is CN=C(NCC(C)Oc1ccccc1)N1CCC(C)C(n2ccnc2)C1. The standard InChI is InChI=1S/C20H29N5O/c1-16-9-11-24(14-19(16)25-12-10-22-15-25)20(21-3)23-13-17(2)26-18-7-5-4-6-8-18/h4-8,10,12,15-17,19H,9,11,13-14H2,1-3H3,(H,21,23). The van der Waals surface area contributed by atoms with Crippen LogP contribution in [0.15, 0.2) is 54.0 Å². The van der Waals surface area contributed by atoms with Gasteiger partial charge in [-0.1, -0.05) is 25.1 Å². The zero-order chi connectivity index (χ0) is 18.4. The molecule has 1 aliphatic heterocycles. The third-order valence-corrected chi connectivity index (χ3v) is 4.97. The Bertz CT molecular complexity index is 685. The second kappa shape index (κ2) is 8.74. The monoisotopic (exact) mass is 355 g/mol. The highest BCUT2D eigenvalue weighted by molar-refractivity contribution is 5.80. The van der Waals surface area contributed by atoms with Crippen molar-refractivity contribution in [2.75, 3.05) is 26.7 Å². The third-order valence-electron chi connectivity index (χ3n) is 4.97. The summed E-state index contributed by atoms with van der Waals surface area (Å²) in [5, 5.41) is 3.47. The van der Waals surface area contributed by atoms with E-state index in [1.54, 1.807) is 0 Å². The molecule has 2 aromatic rings. The van der Waals surface area contributed by atoms with Gasteiger partial charge in [0.2, 0.25) is 0 Å². The molecule has 0 saturated carbocycles. The Morgan fingerprint density at radius 3 is 2.88 bits per heavy atom. The molecule has 140 valence electrons.